The van der Waals surface area contributed by atoms with Gasteiger partial charge in [0.2, 0.25) is 0 Å². The lowest BCUT2D eigenvalue weighted by Crippen LogP contribution is -2.02. The minimum absolute atomic E-state index is 0.0618. The van der Waals surface area contributed by atoms with Gasteiger partial charge >= 0.3 is 5.97 Å². The van der Waals surface area contributed by atoms with Crippen LogP contribution in [0.15, 0.2) is 46.9 Å². The second-order valence-corrected chi connectivity index (χ2v) is 7.02. The van der Waals surface area contributed by atoms with Crippen LogP contribution in [0.4, 0.5) is 28.9 Å². The van der Waals surface area contributed by atoms with Crippen LogP contribution >= 0.6 is 15.9 Å². The van der Waals surface area contributed by atoms with Crippen LogP contribution in [0, 0.1) is 30.2 Å². The number of anilines is 2. The zero-order valence-corrected chi connectivity index (χ0v) is 17.5. The minimum Gasteiger partial charge on any atom is -0.465 e. The normalized spacial score (nSPS) is 10.2. The molecule has 0 heterocycles. The molecule has 0 aliphatic carbocycles. The molecular formula is C21H17BrF4N2O2. The number of hydrogen-bond donors (Lipinski definition) is 2. The van der Waals surface area contributed by atoms with Crippen molar-refractivity contribution in [2.24, 2.45) is 0 Å². The zero-order chi connectivity index (χ0) is 22.6. The summed E-state index contributed by atoms with van der Waals surface area (Å²) in [6, 6.07) is 8.60. The van der Waals surface area contributed by atoms with Gasteiger partial charge in [-0.05, 0) is 58.2 Å². The van der Waals surface area contributed by atoms with Gasteiger partial charge in [-0.15, -0.1) is 0 Å². The fourth-order valence-corrected chi connectivity index (χ4v) is 2.88. The van der Waals surface area contributed by atoms with E-state index in [4.69, 9.17) is 11.5 Å². The number of methoxy groups -OCH3 is 1. The Hall–Kier alpha value is -3.07. The molecule has 4 nitrogen and oxygen atoms in total. The fraction of sp³-hybridized carbons (Fsp3) is 0.0952. The zero-order valence-electron chi connectivity index (χ0n) is 15.9. The quantitative estimate of drug-likeness (QED) is 0.214. The van der Waals surface area contributed by atoms with E-state index < -0.39 is 29.2 Å². The van der Waals surface area contributed by atoms with Gasteiger partial charge in [0.05, 0.1) is 28.5 Å². The summed E-state index contributed by atoms with van der Waals surface area (Å²) in [5.41, 5.74) is 12.2. The highest BCUT2D eigenvalue weighted by Gasteiger charge is 2.14. The van der Waals surface area contributed by atoms with E-state index in [0.717, 1.165) is 12.1 Å². The van der Waals surface area contributed by atoms with Crippen molar-refractivity contribution in [3.8, 4) is 11.1 Å². The van der Waals surface area contributed by atoms with Crippen LogP contribution in [0.25, 0.3) is 11.1 Å². The van der Waals surface area contributed by atoms with Crippen molar-refractivity contribution < 1.29 is 27.1 Å². The van der Waals surface area contributed by atoms with E-state index in [1.807, 2.05) is 0 Å². The van der Waals surface area contributed by atoms with E-state index in [-0.39, 0.29) is 21.4 Å². The Kier molecular flexibility index (Phi) is 7.44. The Bertz CT molecular complexity index is 1060. The number of benzene rings is 3. The first-order valence-corrected chi connectivity index (χ1v) is 9.18. The Morgan fingerprint density at radius 2 is 1.40 bits per heavy atom. The average Bonchev–Trinajstić information content (AvgIpc) is 2.69. The lowest BCUT2D eigenvalue weighted by molar-refractivity contribution is 0.0600. The number of nitrogens with two attached hydrogens (primary N) is 2. The van der Waals surface area contributed by atoms with E-state index in [1.54, 1.807) is 19.1 Å². The van der Waals surface area contributed by atoms with Crippen LogP contribution in [-0.2, 0) is 4.74 Å². The van der Waals surface area contributed by atoms with Gasteiger partial charge in [-0.25, -0.2) is 22.4 Å². The highest BCUT2D eigenvalue weighted by molar-refractivity contribution is 9.10. The maximum atomic E-state index is 13.8. The second kappa shape index (κ2) is 9.62. The molecule has 0 spiro atoms. The molecule has 0 aliphatic heterocycles. The Labute approximate surface area is 178 Å². The lowest BCUT2D eigenvalue weighted by atomic mass is 9.97. The summed E-state index contributed by atoms with van der Waals surface area (Å²) in [7, 11) is 1.28. The molecule has 30 heavy (non-hydrogen) atoms. The fourth-order valence-electron chi connectivity index (χ4n) is 2.52. The number of carbonyl (C=O) groups is 1. The monoisotopic (exact) mass is 484 g/mol. The van der Waals surface area contributed by atoms with E-state index in [0.29, 0.717) is 16.7 Å². The van der Waals surface area contributed by atoms with Crippen molar-refractivity contribution in [1.29, 1.82) is 0 Å². The first-order chi connectivity index (χ1) is 14.0. The van der Waals surface area contributed by atoms with Crippen molar-refractivity contribution in [2.75, 3.05) is 18.6 Å². The SMILES string of the molecule is COC(=O)c1ccc(-c2cc(N)c(F)cc2F)c(C)c1.Nc1cc(Br)c(F)cc1F. The van der Waals surface area contributed by atoms with E-state index in [1.165, 1.54) is 25.3 Å². The molecule has 0 saturated heterocycles. The first kappa shape index (κ1) is 23.2. The molecule has 3 rings (SSSR count). The third-order valence-corrected chi connectivity index (χ3v) is 4.67. The maximum absolute atomic E-state index is 13.8. The molecule has 3 aromatic carbocycles. The number of esters is 1. The van der Waals surface area contributed by atoms with Crippen LogP contribution in [0.1, 0.15) is 15.9 Å². The van der Waals surface area contributed by atoms with Gasteiger partial charge < -0.3 is 16.2 Å². The Balaban J connectivity index is 0.000000269. The predicted molar refractivity (Wildman–Crippen MR) is 111 cm³/mol. The molecule has 3 aromatic rings. The predicted octanol–water partition coefficient (Wildman–Crippen LogP) is 5.62. The Morgan fingerprint density at radius 1 is 0.833 bits per heavy atom. The van der Waals surface area contributed by atoms with Crippen LogP contribution in [-0.4, -0.2) is 13.1 Å². The third-order valence-electron chi connectivity index (χ3n) is 4.06. The van der Waals surface area contributed by atoms with Crippen molar-refractivity contribution >= 4 is 33.3 Å². The Morgan fingerprint density at radius 3 is 1.93 bits per heavy atom. The lowest BCUT2D eigenvalue weighted by Gasteiger charge is -2.10. The van der Waals surface area contributed by atoms with E-state index in [2.05, 4.69) is 20.7 Å². The highest BCUT2D eigenvalue weighted by atomic mass is 79.9. The standard InChI is InChI=1S/C15H13F2NO2.C6H4BrF2N/c1-8-5-9(15(19)20-2)3-4-10(8)11-6-14(18)13(17)7-12(11)16;7-3-1-6(10)5(9)2-4(3)8/h3-7H,18H2,1-2H3;1-2H,10H2. The number of rotatable bonds is 2. The number of halogens is 5. The first-order valence-electron chi connectivity index (χ1n) is 8.39. The topological polar surface area (TPSA) is 78.3 Å². The molecule has 9 heteroatoms. The van der Waals surface area contributed by atoms with Crippen molar-refractivity contribution in [2.45, 2.75) is 6.92 Å². The van der Waals surface area contributed by atoms with Crippen molar-refractivity contribution in [1.82, 2.24) is 0 Å². The smallest absolute Gasteiger partial charge is 0.337 e. The van der Waals surface area contributed by atoms with E-state index in [9.17, 15) is 22.4 Å². The summed E-state index contributed by atoms with van der Waals surface area (Å²) in [6.45, 7) is 1.72. The molecule has 0 unspecified atom stereocenters. The van der Waals surface area contributed by atoms with Gasteiger partial charge in [-0.2, -0.15) is 0 Å². The third kappa shape index (κ3) is 5.29. The summed E-state index contributed by atoms with van der Waals surface area (Å²) in [5.74, 6) is -3.35. The molecule has 0 atom stereocenters. The van der Waals surface area contributed by atoms with Gasteiger partial charge in [0.1, 0.15) is 23.3 Å². The van der Waals surface area contributed by atoms with Gasteiger partial charge in [-0.1, -0.05) is 6.07 Å². The van der Waals surface area contributed by atoms with Crippen molar-refractivity contribution in [3.63, 3.8) is 0 Å². The van der Waals surface area contributed by atoms with Gasteiger partial charge in [-0.3, -0.25) is 0 Å². The maximum Gasteiger partial charge on any atom is 0.337 e. The average molecular weight is 485 g/mol. The molecule has 0 bridgehead atoms. The van der Waals surface area contributed by atoms with Crippen LogP contribution in [0.5, 0.6) is 0 Å². The molecule has 0 radical (unpaired) electrons. The van der Waals surface area contributed by atoms with Gasteiger partial charge in [0.15, 0.2) is 0 Å². The molecule has 0 aromatic heterocycles. The molecule has 0 aliphatic rings. The largest absolute Gasteiger partial charge is 0.465 e. The number of nitrogen functional groups attached to an aromatic ring is 2. The summed E-state index contributed by atoms with van der Waals surface area (Å²) < 4.78 is 56.6. The summed E-state index contributed by atoms with van der Waals surface area (Å²) >= 11 is 2.86. The number of ether oxygens (including phenoxy) is 1. The summed E-state index contributed by atoms with van der Waals surface area (Å²) in [4.78, 5) is 11.4. The molecule has 0 fully saturated rings. The number of carbonyl (C=O) groups excluding carboxylic acids is 1. The van der Waals surface area contributed by atoms with Crippen molar-refractivity contribution in [3.05, 3.63) is 81.3 Å². The number of aryl methyl sites for hydroxylation is 1. The molecule has 0 saturated carbocycles. The summed E-state index contributed by atoms with van der Waals surface area (Å²) in [5, 5.41) is 0. The van der Waals surface area contributed by atoms with Crippen LogP contribution in [0.3, 0.4) is 0 Å². The van der Waals surface area contributed by atoms with Crippen LogP contribution in [0.2, 0.25) is 0 Å². The molecule has 0 amide bonds. The second-order valence-electron chi connectivity index (χ2n) is 6.16. The molecular weight excluding hydrogens is 468 g/mol. The van der Waals surface area contributed by atoms with Gasteiger partial charge in [0.25, 0.3) is 0 Å². The van der Waals surface area contributed by atoms with Gasteiger partial charge in [0, 0.05) is 17.7 Å². The molecule has 158 valence electrons. The van der Waals surface area contributed by atoms with Crippen LogP contribution < -0.4 is 11.5 Å². The minimum atomic E-state index is -0.796. The van der Waals surface area contributed by atoms with E-state index >= 15 is 0 Å². The highest BCUT2D eigenvalue weighted by Crippen LogP contribution is 2.30. The molecule has 4 N–H and O–H groups in total. The number of hydrogen-bond acceptors (Lipinski definition) is 4. The summed E-state index contributed by atoms with van der Waals surface area (Å²) in [6.07, 6.45) is 0.